The van der Waals surface area contributed by atoms with E-state index in [0.717, 1.165) is 22.0 Å². The van der Waals surface area contributed by atoms with Crippen molar-refractivity contribution in [3.05, 3.63) is 45.2 Å². The smallest absolute Gasteiger partial charge is 0.251 e. The van der Waals surface area contributed by atoms with Crippen LogP contribution >= 0.6 is 0 Å². The molecule has 6 nitrogen and oxygen atoms in total. The first-order valence-electron chi connectivity index (χ1n) is 8.75. The summed E-state index contributed by atoms with van der Waals surface area (Å²) in [5.74, 6) is 0.0369. The fourth-order valence-corrected chi connectivity index (χ4v) is 5.39. The molecule has 3 rings (SSSR count). The third-order valence-corrected chi connectivity index (χ3v) is 6.88. The molecule has 0 aliphatic carbocycles. The van der Waals surface area contributed by atoms with Crippen molar-refractivity contribution >= 4 is 26.6 Å². The van der Waals surface area contributed by atoms with Crippen LogP contribution in [0.25, 0.3) is 10.9 Å². The van der Waals surface area contributed by atoms with Gasteiger partial charge in [0.25, 0.3) is 5.56 Å². The molecule has 2 aromatic rings. The predicted molar refractivity (Wildman–Crippen MR) is 102 cm³/mol. The number of aromatic amines is 1. The number of carbonyl (C=O) groups is 1. The number of amides is 1. The van der Waals surface area contributed by atoms with Crippen molar-refractivity contribution in [3.63, 3.8) is 0 Å². The molecule has 1 unspecified atom stereocenters. The fourth-order valence-electron chi connectivity index (χ4n) is 3.62. The number of carbonyl (C=O) groups excluding carboxylic acids is 1. The summed E-state index contributed by atoms with van der Waals surface area (Å²) in [6.07, 6.45) is 1.01. The highest BCUT2D eigenvalue weighted by Gasteiger charge is 2.32. The van der Waals surface area contributed by atoms with Gasteiger partial charge in [0.1, 0.15) is 0 Å². The first-order valence-corrected chi connectivity index (χ1v) is 10.6. The summed E-state index contributed by atoms with van der Waals surface area (Å²) >= 11 is 0. The van der Waals surface area contributed by atoms with E-state index < -0.39 is 9.84 Å². The second-order valence-corrected chi connectivity index (χ2v) is 9.46. The van der Waals surface area contributed by atoms with Gasteiger partial charge in [-0.15, -0.1) is 0 Å². The lowest BCUT2D eigenvalue weighted by molar-refractivity contribution is -0.131. The van der Waals surface area contributed by atoms with E-state index in [2.05, 4.69) is 4.98 Å². The number of hydrogen-bond donors (Lipinski definition) is 1. The third-order valence-electron chi connectivity index (χ3n) is 5.13. The Balaban J connectivity index is 1.74. The van der Waals surface area contributed by atoms with Crippen molar-refractivity contribution in [2.75, 3.05) is 18.6 Å². The van der Waals surface area contributed by atoms with E-state index in [4.69, 9.17) is 0 Å². The Labute approximate surface area is 153 Å². The maximum absolute atomic E-state index is 12.4. The molecule has 0 radical (unpaired) electrons. The van der Waals surface area contributed by atoms with Gasteiger partial charge in [0.2, 0.25) is 5.91 Å². The Morgan fingerprint density at radius 2 is 2.00 bits per heavy atom. The van der Waals surface area contributed by atoms with E-state index in [0.29, 0.717) is 18.4 Å². The first kappa shape index (κ1) is 18.6. The number of sulfone groups is 1. The Morgan fingerprint density at radius 1 is 1.27 bits per heavy atom. The molecule has 0 spiro atoms. The molecule has 1 aromatic heterocycles. The zero-order valence-corrected chi connectivity index (χ0v) is 16.1. The average Bonchev–Trinajstić information content (AvgIpc) is 2.92. The van der Waals surface area contributed by atoms with Crippen LogP contribution in [0.3, 0.4) is 0 Å². The van der Waals surface area contributed by atoms with E-state index in [9.17, 15) is 18.0 Å². The number of H-pyrrole nitrogens is 1. The zero-order chi connectivity index (χ0) is 19.1. The highest BCUT2D eigenvalue weighted by atomic mass is 32.2. The van der Waals surface area contributed by atoms with Crippen LogP contribution in [-0.2, 0) is 21.1 Å². The quantitative estimate of drug-likeness (QED) is 0.880. The van der Waals surface area contributed by atoms with Crippen molar-refractivity contribution in [2.45, 2.75) is 39.2 Å². The third kappa shape index (κ3) is 3.82. The number of aromatic nitrogens is 1. The van der Waals surface area contributed by atoms with Gasteiger partial charge >= 0.3 is 0 Å². The average molecular weight is 376 g/mol. The minimum Gasteiger partial charge on any atom is -0.342 e. The highest BCUT2D eigenvalue weighted by Crippen LogP contribution is 2.20. The van der Waals surface area contributed by atoms with Gasteiger partial charge in [-0.25, -0.2) is 8.42 Å². The molecule has 0 saturated carbocycles. The van der Waals surface area contributed by atoms with E-state index in [-0.39, 0.29) is 35.4 Å². The molecule has 1 aliphatic heterocycles. The summed E-state index contributed by atoms with van der Waals surface area (Å²) in [5.41, 5.74) is 3.35. The molecule has 2 heterocycles. The molecule has 1 aromatic carbocycles. The van der Waals surface area contributed by atoms with Gasteiger partial charge in [0.05, 0.1) is 17.0 Å². The molecule has 1 saturated heterocycles. The molecule has 1 amide bonds. The van der Waals surface area contributed by atoms with Crippen molar-refractivity contribution in [3.8, 4) is 0 Å². The lowest BCUT2D eigenvalue weighted by atomic mass is 10.0. The van der Waals surface area contributed by atoms with Crippen LogP contribution < -0.4 is 5.56 Å². The van der Waals surface area contributed by atoms with Gasteiger partial charge in [-0.2, -0.15) is 0 Å². The van der Waals surface area contributed by atoms with E-state index >= 15 is 0 Å². The molecule has 1 N–H and O–H groups in total. The molecule has 7 heteroatoms. The lowest BCUT2D eigenvalue weighted by Crippen LogP contribution is -2.38. The molecular weight excluding hydrogens is 352 g/mol. The standard InChI is InChI=1S/C19H24N2O4S/c1-12-8-13(2)18-15(9-12)10-14(19(23)20-18)4-5-17(22)21(3)16-6-7-26(24,25)11-16/h8-10,16H,4-7,11H2,1-3H3,(H,20,23). The maximum Gasteiger partial charge on any atom is 0.251 e. The fraction of sp³-hybridized carbons (Fsp3) is 0.474. The largest absolute Gasteiger partial charge is 0.342 e. The summed E-state index contributed by atoms with van der Waals surface area (Å²) in [5, 5.41) is 0.958. The number of nitrogens with one attached hydrogen (secondary N) is 1. The number of nitrogens with zero attached hydrogens (tertiary/aromatic N) is 1. The van der Waals surface area contributed by atoms with Gasteiger partial charge < -0.3 is 9.88 Å². The van der Waals surface area contributed by atoms with Gasteiger partial charge in [-0.3, -0.25) is 9.59 Å². The molecule has 26 heavy (non-hydrogen) atoms. The minimum atomic E-state index is -3.03. The van der Waals surface area contributed by atoms with Crippen LogP contribution in [0, 0.1) is 13.8 Å². The van der Waals surface area contributed by atoms with Crippen LogP contribution in [0.4, 0.5) is 0 Å². The van der Waals surface area contributed by atoms with E-state index in [1.165, 1.54) is 4.90 Å². The second kappa shape index (κ2) is 6.87. The minimum absolute atomic E-state index is 0.0321. The van der Waals surface area contributed by atoms with Crippen LogP contribution in [0.2, 0.25) is 0 Å². The van der Waals surface area contributed by atoms with Crippen molar-refractivity contribution in [2.24, 2.45) is 0 Å². The lowest BCUT2D eigenvalue weighted by Gasteiger charge is -2.23. The van der Waals surface area contributed by atoms with E-state index in [1.54, 1.807) is 7.05 Å². The number of hydrogen-bond acceptors (Lipinski definition) is 4. The Bertz CT molecular complexity index is 1020. The first-order chi connectivity index (χ1) is 12.2. The monoisotopic (exact) mass is 376 g/mol. The summed E-state index contributed by atoms with van der Waals surface area (Å²) in [7, 11) is -1.39. The summed E-state index contributed by atoms with van der Waals surface area (Å²) in [6, 6.07) is 5.62. The summed E-state index contributed by atoms with van der Waals surface area (Å²) in [4.78, 5) is 29.2. The molecule has 1 fully saturated rings. The summed E-state index contributed by atoms with van der Waals surface area (Å²) < 4.78 is 23.2. The number of aryl methyl sites for hydroxylation is 3. The van der Waals surface area contributed by atoms with Gasteiger partial charge in [-0.05, 0) is 49.8 Å². The highest BCUT2D eigenvalue weighted by molar-refractivity contribution is 7.91. The number of rotatable bonds is 4. The molecule has 0 bridgehead atoms. The molecular formula is C19H24N2O4S. The zero-order valence-electron chi connectivity index (χ0n) is 15.3. The van der Waals surface area contributed by atoms with Gasteiger partial charge in [0.15, 0.2) is 9.84 Å². The normalized spacial score (nSPS) is 19.0. The maximum atomic E-state index is 12.4. The van der Waals surface area contributed by atoms with Gasteiger partial charge in [0, 0.05) is 25.1 Å². The van der Waals surface area contributed by atoms with E-state index in [1.807, 2.05) is 32.0 Å². The predicted octanol–water partition coefficient (Wildman–Crippen LogP) is 1.72. The van der Waals surface area contributed by atoms with Crippen LogP contribution in [-0.4, -0.2) is 48.8 Å². The van der Waals surface area contributed by atoms with Crippen molar-refractivity contribution in [1.29, 1.82) is 0 Å². The Kier molecular flexibility index (Phi) is 4.92. The molecule has 1 aliphatic rings. The number of fused-ring (bicyclic) bond motifs is 1. The Hall–Kier alpha value is -2.15. The van der Waals surface area contributed by atoms with Crippen molar-refractivity contribution < 1.29 is 13.2 Å². The summed E-state index contributed by atoms with van der Waals surface area (Å²) in [6.45, 7) is 3.96. The SMILES string of the molecule is Cc1cc(C)c2[nH]c(=O)c(CCC(=O)N(C)C3CCS(=O)(=O)C3)cc2c1. The van der Waals surface area contributed by atoms with Crippen LogP contribution in [0.5, 0.6) is 0 Å². The second-order valence-electron chi connectivity index (χ2n) is 7.23. The van der Waals surface area contributed by atoms with Crippen LogP contribution in [0.15, 0.2) is 23.0 Å². The topological polar surface area (TPSA) is 87.3 Å². The van der Waals surface area contributed by atoms with Crippen LogP contribution in [0.1, 0.15) is 29.5 Å². The Morgan fingerprint density at radius 3 is 2.65 bits per heavy atom. The number of pyridine rings is 1. The van der Waals surface area contributed by atoms with Crippen molar-refractivity contribution in [1.82, 2.24) is 9.88 Å². The number of benzene rings is 1. The van der Waals surface area contributed by atoms with Gasteiger partial charge in [-0.1, -0.05) is 11.6 Å². The molecule has 140 valence electrons. The molecule has 1 atom stereocenters.